The molecule has 4 rings (SSSR count). The zero-order valence-electron chi connectivity index (χ0n) is 31.4. The summed E-state index contributed by atoms with van der Waals surface area (Å²) in [6.45, 7) is 4.33. The first kappa shape index (κ1) is 42.0. The van der Waals surface area contributed by atoms with Crippen LogP contribution in [0, 0.1) is 11.7 Å². The average Bonchev–Trinajstić information content (AvgIpc) is 3.11. The Kier molecular flexibility index (Phi) is 14.5. The van der Waals surface area contributed by atoms with Crippen molar-refractivity contribution in [3.8, 4) is 0 Å². The summed E-state index contributed by atoms with van der Waals surface area (Å²) in [5, 5.41) is 14.6. The maximum absolute atomic E-state index is 14.9. The molecule has 55 heavy (non-hydrogen) atoms. The molecule has 1 aromatic heterocycles. The number of nitrogens with two attached hydrogens (primary N) is 1. The van der Waals surface area contributed by atoms with Crippen molar-refractivity contribution < 1.29 is 42.9 Å². The molecule has 5 N–H and O–H groups in total. The SMILES string of the molecule is CN(C)CC(=O)OC(CN(Cc1ccc(F)cc1)NC(=O)OC(C)(C)C)C(C(=O)[C@H](CC(=O)O)NC(=O)c1ccc2ccccc2n1)C(N)c1ccccc1. The predicted molar refractivity (Wildman–Crippen MR) is 202 cm³/mol. The number of Topliss-reactive ketones (excluding diaryl/α,β-unsaturated/α-hetero) is 1. The number of nitrogens with one attached hydrogen (secondary N) is 2. The number of para-hydroxylation sites is 1. The van der Waals surface area contributed by atoms with Crippen molar-refractivity contribution >= 4 is 40.6 Å². The van der Waals surface area contributed by atoms with Crippen molar-refractivity contribution in [3.63, 3.8) is 0 Å². The minimum absolute atomic E-state index is 0.0632. The van der Waals surface area contributed by atoms with E-state index in [-0.39, 0.29) is 25.3 Å². The minimum Gasteiger partial charge on any atom is -0.481 e. The molecule has 3 unspecified atom stereocenters. The zero-order valence-corrected chi connectivity index (χ0v) is 31.4. The third kappa shape index (κ3) is 12.9. The molecule has 0 bridgehead atoms. The van der Waals surface area contributed by atoms with E-state index in [4.69, 9.17) is 15.2 Å². The van der Waals surface area contributed by atoms with Crippen molar-refractivity contribution in [3.05, 3.63) is 114 Å². The van der Waals surface area contributed by atoms with Gasteiger partial charge in [-0.25, -0.2) is 19.2 Å². The second kappa shape index (κ2) is 19.0. The van der Waals surface area contributed by atoms with E-state index in [9.17, 15) is 33.5 Å². The van der Waals surface area contributed by atoms with Crippen LogP contribution in [0.4, 0.5) is 9.18 Å². The van der Waals surface area contributed by atoms with Crippen LogP contribution in [0.2, 0.25) is 0 Å². The Balaban J connectivity index is 1.80. The van der Waals surface area contributed by atoms with Crippen molar-refractivity contribution in [2.75, 3.05) is 27.2 Å². The fourth-order valence-corrected chi connectivity index (χ4v) is 5.82. The van der Waals surface area contributed by atoms with Gasteiger partial charge in [-0.15, -0.1) is 0 Å². The molecule has 4 atom stereocenters. The number of hydrogen-bond acceptors (Lipinski definition) is 11. The fraction of sp³-hybridized carbons (Fsp3) is 0.350. The van der Waals surface area contributed by atoms with Gasteiger partial charge in [-0.3, -0.25) is 29.5 Å². The number of halogens is 1. The Bertz CT molecular complexity index is 1950. The van der Waals surface area contributed by atoms with Gasteiger partial charge in [0.15, 0.2) is 5.78 Å². The topological polar surface area (TPSA) is 193 Å². The molecule has 4 aromatic rings. The summed E-state index contributed by atoms with van der Waals surface area (Å²) in [7, 11) is 3.28. The number of benzene rings is 3. The number of ether oxygens (including phenoxy) is 2. The number of hydrazine groups is 1. The van der Waals surface area contributed by atoms with Gasteiger partial charge in [0.25, 0.3) is 5.91 Å². The highest BCUT2D eigenvalue weighted by Gasteiger charge is 2.42. The van der Waals surface area contributed by atoms with Gasteiger partial charge >= 0.3 is 18.0 Å². The number of likely N-dealkylation sites (N-methyl/N-ethyl adjacent to an activating group) is 1. The van der Waals surface area contributed by atoms with Gasteiger partial charge in [0, 0.05) is 18.0 Å². The Labute approximate surface area is 318 Å². The molecule has 15 heteroatoms. The van der Waals surface area contributed by atoms with E-state index >= 15 is 0 Å². The van der Waals surface area contributed by atoms with Crippen molar-refractivity contribution in [2.24, 2.45) is 11.7 Å². The molecule has 0 saturated carbocycles. The van der Waals surface area contributed by atoms with Crippen molar-refractivity contribution in [1.29, 1.82) is 0 Å². The van der Waals surface area contributed by atoms with Crippen LogP contribution in [0.1, 0.15) is 54.8 Å². The highest BCUT2D eigenvalue weighted by Crippen LogP contribution is 2.29. The first-order chi connectivity index (χ1) is 26.0. The summed E-state index contributed by atoms with van der Waals surface area (Å²) in [5.41, 5.74) is 10.0. The van der Waals surface area contributed by atoms with Gasteiger partial charge < -0.3 is 25.6 Å². The molecular formula is C40H47FN6O8. The Morgan fingerprint density at radius 3 is 2.20 bits per heavy atom. The number of rotatable bonds is 17. The first-order valence-corrected chi connectivity index (χ1v) is 17.5. The van der Waals surface area contributed by atoms with Crippen LogP contribution < -0.4 is 16.5 Å². The number of nitrogens with zero attached hydrogens (tertiary/aromatic N) is 3. The van der Waals surface area contributed by atoms with Crippen molar-refractivity contribution in [2.45, 2.75) is 57.5 Å². The van der Waals surface area contributed by atoms with Crippen LogP contribution in [0.3, 0.4) is 0 Å². The molecule has 0 spiro atoms. The van der Waals surface area contributed by atoms with Gasteiger partial charge in [0.2, 0.25) is 0 Å². The summed E-state index contributed by atoms with van der Waals surface area (Å²) in [6, 6.07) is 21.2. The van der Waals surface area contributed by atoms with E-state index in [1.807, 2.05) is 12.1 Å². The quantitative estimate of drug-likeness (QED) is 0.0886. The molecule has 0 saturated heterocycles. The van der Waals surface area contributed by atoms with Gasteiger partial charge in [0.1, 0.15) is 23.2 Å². The zero-order chi connectivity index (χ0) is 40.3. The smallest absolute Gasteiger partial charge is 0.422 e. The number of hydrogen-bond donors (Lipinski definition) is 4. The number of carboxylic acids is 1. The highest BCUT2D eigenvalue weighted by molar-refractivity contribution is 6.00. The molecule has 292 valence electrons. The standard InChI is InChI=1S/C40H47FN6O8/c1-40(2,3)55-39(53)45-47(22-25-15-18-28(41)19-16-25)23-32(54-34(50)24-46(4)5)35(36(42)27-12-7-6-8-13-27)37(51)31(21-33(48)49)44-38(52)30-20-17-26-11-9-10-14-29(26)43-30/h6-20,31-32,35-36H,21-24,42H2,1-5H3,(H,44,52)(H,45,53)(H,48,49)/t31-,32?,35?,36?/m0/s1. The van der Waals surface area contributed by atoms with Crippen LogP contribution in [-0.2, 0) is 30.4 Å². The number of carboxylic acid groups (broad SMARTS) is 1. The molecule has 2 amide bonds. The van der Waals surface area contributed by atoms with E-state index in [0.717, 1.165) is 5.39 Å². The summed E-state index contributed by atoms with van der Waals surface area (Å²) in [4.78, 5) is 73.2. The monoisotopic (exact) mass is 758 g/mol. The summed E-state index contributed by atoms with van der Waals surface area (Å²) in [5.74, 6) is -5.82. The Hall–Kier alpha value is -5.77. The van der Waals surface area contributed by atoms with Gasteiger partial charge in [-0.2, -0.15) is 0 Å². The van der Waals surface area contributed by atoms with E-state index in [1.165, 1.54) is 35.3 Å². The Morgan fingerprint density at radius 2 is 1.56 bits per heavy atom. The number of pyridine rings is 1. The number of carbonyl (C=O) groups excluding carboxylic acids is 4. The lowest BCUT2D eigenvalue weighted by atomic mass is 9.82. The lowest BCUT2D eigenvalue weighted by molar-refractivity contribution is -0.158. The summed E-state index contributed by atoms with van der Waals surface area (Å²) >= 11 is 0. The third-order valence-electron chi connectivity index (χ3n) is 8.22. The second-order valence-corrected chi connectivity index (χ2v) is 14.3. The average molecular weight is 759 g/mol. The van der Waals surface area contributed by atoms with Gasteiger partial charge in [-0.05, 0) is 70.3 Å². The number of aliphatic carboxylic acids is 1. The molecule has 0 radical (unpaired) electrons. The molecule has 0 aliphatic rings. The normalized spacial score (nSPS) is 13.8. The van der Waals surface area contributed by atoms with E-state index in [1.54, 1.807) is 88.3 Å². The first-order valence-electron chi connectivity index (χ1n) is 17.5. The van der Waals surface area contributed by atoms with Gasteiger partial charge in [0.05, 0.1) is 37.0 Å². The number of amides is 2. The van der Waals surface area contributed by atoms with Crippen LogP contribution in [0.25, 0.3) is 10.9 Å². The number of esters is 1. The molecule has 0 aliphatic heterocycles. The van der Waals surface area contributed by atoms with Crippen LogP contribution in [0.15, 0.2) is 91.0 Å². The van der Waals surface area contributed by atoms with Crippen LogP contribution in [-0.4, -0.2) is 94.7 Å². The molecule has 1 heterocycles. The number of aromatic nitrogens is 1. The lowest BCUT2D eigenvalue weighted by Gasteiger charge is -2.36. The highest BCUT2D eigenvalue weighted by atomic mass is 19.1. The molecule has 0 fully saturated rings. The fourth-order valence-electron chi connectivity index (χ4n) is 5.82. The molecule has 3 aromatic carbocycles. The maximum atomic E-state index is 14.9. The summed E-state index contributed by atoms with van der Waals surface area (Å²) < 4.78 is 25.3. The maximum Gasteiger partial charge on any atom is 0.422 e. The summed E-state index contributed by atoms with van der Waals surface area (Å²) in [6.07, 6.45) is -3.18. The van der Waals surface area contributed by atoms with Crippen LogP contribution >= 0.6 is 0 Å². The number of fused-ring (bicyclic) bond motifs is 1. The van der Waals surface area contributed by atoms with Crippen molar-refractivity contribution in [1.82, 2.24) is 25.6 Å². The van der Waals surface area contributed by atoms with E-state index in [2.05, 4.69) is 15.7 Å². The van der Waals surface area contributed by atoms with E-state index < -0.39 is 71.7 Å². The predicted octanol–water partition coefficient (Wildman–Crippen LogP) is 4.25. The molecule has 14 nitrogen and oxygen atoms in total. The molecule has 0 aliphatic carbocycles. The minimum atomic E-state index is -1.67. The largest absolute Gasteiger partial charge is 0.481 e. The third-order valence-corrected chi connectivity index (χ3v) is 8.22. The number of ketones is 1. The second-order valence-electron chi connectivity index (χ2n) is 14.3. The molecular weight excluding hydrogens is 711 g/mol. The Morgan fingerprint density at radius 1 is 0.909 bits per heavy atom. The van der Waals surface area contributed by atoms with Gasteiger partial charge in [-0.1, -0.05) is 66.7 Å². The van der Waals surface area contributed by atoms with Crippen LogP contribution in [0.5, 0.6) is 0 Å². The van der Waals surface area contributed by atoms with E-state index in [0.29, 0.717) is 16.6 Å². The number of carbonyl (C=O) groups is 5. The lowest BCUT2D eigenvalue weighted by Crippen LogP contribution is -2.55.